The molecule has 0 radical (unpaired) electrons. The van der Waals surface area contributed by atoms with Gasteiger partial charge in [0.15, 0.2) is 0 Å². The minimum absolute atomic E-state index is 0.183. The van der Waals surface area contributed by atoms with Crippen LogP contribution in [0.3, 0.4) is 0 Å². The largest absolute Gasteiger partial charge is 0.366 e. The average Bonchev–Trinajstić information content (AvgIpc) is 3.25. The Morgan fingerprint density at radius 3 is 2.67 bits per heavy atom. The molecular weight excluding hydrogens is 328 g/mol. The van der Waals surface area contributed by atoms with Gasteiger partial charge in [-0.25, -0.2) is 0 Å². The third kappa shape index (κ3) is 3.85. The molecule has 0 fully saturated rings. The molecule has 0 atom stereocenters. The number of nitrogens with one attached hydrogen (secondary N) is 1. The zero-order valence-corrected chi connectivity index (χ0v) is 13.4. The van der Waals surface area contributed by atoms with E-state index < -0.39 is 5.91 Å². The number of primary amides is 1. The van der Waals surface area contributed by atoms with Crippen LogP contribution in [0.25, 0.3) is 10.7 Å². The maximum absolute atomic E-state index is 11.9. The van der Waals surface area contributed by atoms with Gasteiger partial charge in [0.25, 0.3) is 0 Å². The summed E-state index contributed by atoms with van der Waals surface area (Å²) in [6.45, 7) is 0. The third-order valence-electron chi connectivity index (χ3n) is 3.23. The van der Waals surface area contributed by atoms with Crippen LogP contribution in [0.2, 0.25) is 0 Å². The highest BCUT2D eigenvalue weighted by molar-refractivity contribution is 7.13. The third-order valence-corrected chi connectivity index (χ3v) is 4.09. The molecule has 2 heterocycles. The summed E-state index contributed by atoms with van der Waals surface area (Å²) in [5.74, 6) is 0.253. The normalized spacial score (nSPS) is 10.5. The number of carbonyl (C=O) groups is 2. The standard InChI is InChI=1S/C16H14N4O3S/c17-15(22)10-3-5-11(6-4-10)18-13(21)7-8-14-19-16(20-23-14)12-2-1-9-24-12/h1-6,9H,7-8H2,(H2,17,22)(H,18,21). The Balaban J connectivity index is 1.53. The first kappa shape index (κ1) is 15.9. The van der Waals surface area contributed by atoms with Gasteiger partial charge in [-0.2, -0.15) is 4.98 Å². The van der Waals surface area contributed by atoms with Gasteiger partial charge in [0.05, 0.1) is 4.88 Å². The molecule has 3 rings (SSSR count). The molecule has 0 unspecified atom stereocenters. The van der Waals surface area contributed by atoms with Crippen molar-refractivity contribution in [2.24, 2.45) is 5.73 Å². The molecule has 8 heteroatoms. The number of nitrogens with two attached hydrogens (primary N) is 1. The summed E-state index contributed by atoms with van der Waals surface area (Å²) in [5, 5.41) is 8.56. The number of carbonyl (C=O) groups excluding carboxylic acids is 2. The lowest BCUT2D eigenvalue weighted by atomic mass is 10.2. The fourth-order valence-corrected chi connectivity index (χ4v) is 2.67. The first-order valence-corrected chi connectivity index (χ1v) is 8.06. The van der Waals surface area contributed by atoms with Crippen LogP contribution in [0.15, 0.2) is 46.3 Å². The zero-order chi connectivity index (χ0) is 16.9. The Hall–Kier alpha value is -3.00. The van der Waals surface area contributed by atoms with Crippen LogP contribution >= 0.6 is 11.3 Å². The molecular formula is C16H14N4O3S. The van der Waals surface area contributed by atoms with Crippen LogP contribution in [0.4, 0.5) is 5.69 Å². The molecule has 1 aromatic carbocycles. The highest BCUT2D eigenvalue weighted by Crippen LogP contribution is 2.21. The number of amides is 2. The lowest BCUT2D eigenvalue weighted by molar-refractivity contribution is -0.116. The van der Waals surface area contributed by atoms with Crippen LogP contribution in [0.1, 0.15) is 22.7 Å². The SMILES string of the molecule is NC(=O)c1ccc(NC(=O)CCc2nc(-c3cccs3)no2)cc1. The van der Waals surface area contributed by atoms with Crippen LogP contribution < -0.4 is 11.1 Å². The van der Waals surface area contributed by atoms with Gasteiger partial charge in [-0.1, -0.05) is 11.2 Å². The van der Waals surface area contributed by atoms with Gasteiger partial charge in [0.1, 0.15) is 0 Å². The van der Waals surface area contributed by atoms with Gasteiger partial charge < -0.3 is 15.6 Å². The molecule has 0 saturated carbocycles. The molecule has 3 aromatic rings. The fraction of sp³-hybridized carbons (Fsp3) is 0.125. The lowest BCUT2D eigenvalue weighted by Crippen LogP contribution is -2.13. The lowest BCUT2D eigenvalue weighted by Gasteiger charge is -2.04. The molecule has 24 heavy (non-hydrogen) atoms. The number of aromatic nitrogens is 2. The number of aryl methyl sites for hydroxylation is 1. The second kappa shape index (κ2) is 7.05. The van der Waals surface area contributed by atoms with Crippen molar-refractivity contribution in [3.63, 3.8) is 0 Å². The number of benzene rings is 1. The van der Waals surface area contributed by atoms with Crippen molar-refractivity contribution < 1.29 is 14.1 Å². The number of hydrogen-bond acceptors (Lipinski definition) is 6. The van der Waals surface area contributed by atoms with E-state index in [-0.39, 0.29) is 12.3 Å². The Kier molecular flexibility index (Phi) is 4.66. The van der Waals surface area contributed by atoms with E-state index in [0.717, 1.165) is 4.88 Å². The Bertz CT molecular complexity index is 841. The van der Waals surface area contributed by atoms with Crippen molar-refractivity contribution >= 4 is 28.8 Å². The van der Waals surface area contributed by atoms with Crippen molar-refractivity contribution in [3.8, 4) is 10.7 Å². The van der Waals surface area contributed by atoms with E-state index >= 15 is 0 Å². The van der Waals surface area contributed by atoms with Gasteiger partial charge >= 0.3 is 0 Å². The van der Waals surface area contributed by atoms with E-state index in [4.69, 9.17) is 10.3 Å². The van der Waals surface area contributed by atoms with Gasteiger partial charge in [-0.3, -0.25) is 9.59 Å². The molecule has 0 bridgehead atoms. The summed E-state index contributed by atoms with van der Waals surface area (Å²) in [5.41, 5.74) is 6.15. The van der Waals surface area contributed by atoms with Crippen molar-refractivity contribution in [3.05, 3.63) is 53.2 Å². The predicted octanol–water partition coefficient (Wildman–Crippen LogP) is 2.47. The van der Waals surface area contributed by atoms with Gasteiger partial charge in [-0.15, -0.1) is 11.3 Å². The number of hydrogen-bond donors (Lipinski definition) is 2. The number of rotatable bonds is 6. The minimum atomic E-state index is -0.509. The Morgan fingerprint density at radius 2 is 2.00 bits per heavy atom. The second-order valence-corrected chi connectivity index (χ2v) is 5.93. The molecule has 122 valence electrons. The Labute approximate surface area is 141 Å². The molecule has 0 spiro atoms. The maximum Gasteiger partial charge on any atom is 0.248 e. The summed E-state index contributed by atoms with van der Waals surface area (Å²) in [7, 11) is 0. The Morgan fingerprint density at radius 1 is 1.21 bits per heavy atom. The van der Waals surface area contributed by atoms with E-state index in [2.05, 4.69) is 15.5 Å². The molecule has 7 nitrogen and oxygen atoms in total. The smallest absolute Gasteiger partial charge is 0.248 e. The zero-order valence-electron chi connectivity index (χ0n) is 12.6. The minimum Gasteiger partial charge on any atom is -0.366 e. The molecule has 0 aliphatic heterocycles. The highest BCUT2D eigenvalue weighted by Gasteiger charge is 2.11. The first-order chi connectivity index (χ1) is 11.6. The van der Waals surface area contributed by atoms with Crippen LogP contribution in [-0.4, -0.2) is 22.0 Å². The van der Waals surface area contributed by atoms with Crippen molar-refractivity contribution in [1.82, 2.24) is 10.1 Å². The summed E-state index contributed by atoms with van der Waals surface area (Å²) in [6, 6.07) is 10.2. The quantitative estimate of drug-likeness (QED) is 0.715. The first-order valence-electron chi connectivity index (χ1n) is 7.18. The molecule has 3 N–H and O–H groups in total. The number of nitrogens with zero attached hydrogens (tertiary/aromatic N) is 2. The van der Waals surface area contributed by atoms with Gasteiger partial charge in [0.2, 0.25) is 23.5 Å². The van der Waals surface area contributed by atoms with E-state index in [1.807, 2.05) is 17.5 Å². The van der Waals surface area contributed by atoms with E-state index in [1.165, 1.54) is 11.3 Å². The summed E-state index contributed by atoms with van der Waals surface area (Å²) in [4.78, 5) is 28.1. The molecule has 2 aromatic heterocycles. The van der Waals surface area contributed by atoms with E-state index in [0.29, 0.717) is 29.4 Å². The summed E-state index contributed by atoms with van der Waals surface area (Å²) < 4.78 is 5.15. The van der Waals surface area contributed by atoms with Crippen molar-refractivity contribution in [2.75, 3.05) is 5.32 Å². The molecule has 2 amide bonds. The van der Waals surface area contributed by atoms with Crippen LogP contribution in [-0.2, 0) is 11.2 Å². The van der Waals surface area contributed by atoms with Gasteiger partial charge in [-0.05, 0) is 35.7 Å². The van der Waals surface area contributed by atoms with Crippen molar-refractivity contribution in [1.29, 1.82) is 0 Å². The number of anilines is 1. The van der Waals surface area contributed by atoms with Crippen molar-refractivity contribution in [2.45, 2.75) is 12.8 Å². The van der Waals surface area contributed by atoms with Gasteiger partial charge in [0, 0.05) is 24.1 Å². The monoisotopic (exact) mass is 342 g/mol. The summed E-state index contributed by atoms with van der Waals surface area (Å²) in [6.07, 6.45) is 0.563. The van der Waals surface area contributed by atoms with Crippen LogP contribution in [0, 0.1) is 0 Å². The highest BCUT2D eigenvalue weighted by atomic mass is 32.1. The summed E-state index contributed by atoms with van der Waals surface area (Å²) >= 11 is 1.52. The average molecular weight is 342 g/mol. The topological polar surface area (TPSA) is 111 Å². The molecule has 0 saturated heterocycles. The number of thiophene rings is 1. The van der Waals surface area contributed by atoms with E-state index in [1.54, 1.807) is 24.3 Å². The molecule has 0 aliphatic rings. The van der Waals surface area contributed by atoms with Crippen LogP contribution in [0.5, 0.6) is 0 Å². The predicted molar refractivity (Wildman–Crippen MR) is 89.5 cm³/mol. The maximum atomic E-state index is 11.9. The fourth-order valence-electron chi connectivity index (χ4n) is 2.02. The second-order valence-electron chi connectivity index (χ2n) is 4.98. The molecule has 0 aliphatic carbocycles. The van der Waals surface area contributed by atoms with E-state index in [9.17, 15) is 9.59 Å².